The smallest absolute Gasteiger partial charge is 0.127 e. The van der Waals surface area contributed by atoms with Crippen molar-refractivity contribution in [1.29, 1.82) is 0 Å². The van der Waals surface area contributed by atoms with E-state index in [1.165, 1.54) is 12.1 Å². The summed E-state index contributed by atoms with van der Waals surface area (Å²) in [5, 5.41) is 19.0. The zero-order valence-corrected chi connectivity index (χ0v) is 9.06. The van der Waals surface area contributed by atoms with Crippen LogP contribution in [0.2, 0.25) is 0 Å². The molecule has 5 heteroatoms. The Morgan fingerprint density at radius 3 is 2.62 bits per heavy atom. The molecule has 0 bridgehead atoms. The Labute approximate surface area is 93.5 Å². The zero-order valence-electron chi connectivity index (χ0n) is 9.06. The summed E-state index contributed by atoms with van der Waals surface area (Å²) in [5.41, 5.74) is 5.46. The number of hydrogen-bond acceptors (Lipinski definition) is 4. The van der Waals surface area contributed by atoms with Crippen molar-refractivity contribution in [3.05, 3.63) is 29.6 Å². The van der Waals surface area contributed by atoms with E-state index in [0.717, 1.165) is 6.07 Å². The van der Waals surface area contributed by atoms with Crippen LogP contribution in [0.15, 0.2) is 18.2 Å². The van der Waals surface area contributed by atoms with Crippen molar-refractivity contribution in [3.63, 3.8) is 0 Å². The number of ether oxygens (including phenoxy) is 1. The highest BCUT2D eigenvalue weighted by Crippen LogP contribution is 2.23. The van der Waals surface area contributed by atoms with Gasteiger partial charge in [0.1, 0.15) is 17.7 Å². The summed E-state index contributed by atoms with van der Waals surface area (Å²) < 4.78 is 18.3. The van der Waals surface area contributed by atoms with Gasteiger partial charge in [-0.3, -0.25) is 0 Å². The molecule has 0 aliphatic heterocycles. The maximum Gasteiger partial charge on any atom is 0.127 e. The Hall–Kier alpha value is -1.17. The lowest BCUT2D eigenvalue weighted by Gasteiger charge is -2.17. The number of hydrogen-bond donors (Lipinski definition) is 3. The lowest BCUT2D eigenvalue weighted by Crippen LogP contribution is -2.27. The van der Waals surface area contributed by atoms with Gasteiger partial charge >= 0.3 is 0 Å². The van der Waals surface area contributed by atoms with E-state index in [1.807, 2.05) is 0 Å². The molecule has 0 saturated carbocycles. The third-order valence-corrected chi connectivity index (χ3v) is 2.15. The number of benzene rings is 1. The number of aliphatic hydroxyl groups excluding tert-OH is 2. The predicted octanol–water partition coefficient (Wildman–Crippen LogP) is 0.577. The second kappa shape index (κ2) is 5.79. The van der Waals surface area contributed by atoms with Crippen LogP contribution in [0.5, 0.6) is 5.75 Å². The molecule has 0 fully saturated rings. The van der Waals surface area contributed by atoms with E-state index in [1.54, 1.807) is 6.92 Å². The lowest BCUT2D eigenvalue weighted by molar-refractivity contribution is 0.0240. The van der Waals surface area contributed by atoms with E-state index in [2.05, 4.69) is 0 Å². The van der Waals surface area contributed by atoms with Gasteiger partial charge in [-0.2, -0.15) is 0 Å². The first-order chi connectivity index (χ1) is 7.58. The Morgan fingerprint density at radius 2 is 2.06 bits per heavy atom. The van der Waals surface area contributed by atoms with Crippen molar-refractivity contribution in [2.75, 3.05) is 13.2 Å². The highest BCUT2D eigenvalue weighted by molar-refractivity contribution is 5.31. The van der Waals surface area contributed by atoms with Crippen LogP contribution in [-0.4, -0.2) is 29.5 Å². The monoisotopic (exact) mass is 229 g/mol. The summed E-state index contributed by atoms with van der Waals surface area (Å²) in [5.74, 6) is -0.204. The minimum atomic E-state index is -1.21. The molecular formula is C11H16FNO3. The maximum atomic E-state index is 13.2. The second-order valence-corrected chi connectivity index (χ2v) is 3.40. The molecule has 1 aromatic carbocycles. The second-order valence-electron chi connectivity index (χ2n) is 3.40. The summed E-state index contributed by atoms with van der Waals surface area (Å²) in [6.07, 6.45) is -2.32. The topological polar surface area (TPSA) is 75.7 Å². The molecule has 0 heterocycles. The SMILES string of the molecule is CCOc1cc(F)cc(C(O)C(O)CN)c1. The molecule has 2 atom stereocenters. The molecule has 4 nitrogen and oxygen atoms in total. The van der Waals surface area contributed by atoms with Crippen LogP contribution >= 0.6 is 0 Å². The molecule has 0 radical (unpaired) electrons. The standard InChI is InChI=1S/C11H16FNO3/c1-2-16-9-4-7(3-8(12)5-9)11(15)10(14)6-13/h3-5,10-11,14-15H,2,6,13H2,1H3. The summed E-state index contributed by atoms with van der Waals surface area (Å²) in [7, 11) is 0. The number of rotatable bonds is 5. The zero-order chi connectivity index (χ0) is 12.1. The first-order valence-corrected chi connectivity index (χ1v) is 5.08. The van der Waals surface area contributed by atoms with E-state index in [-0.39, 0.29) is 12.1 Å². The van der Waals surface area contributed by atoms with Crippen molar-refractivity contribution in [1.82, 2.24) is 0 Å². The number of nitrogens with two attached hydrogens (primary N) is 1. The van der Waals surface area contributed by atoms with E-state index in [9.17, 15) is 14.6 Å². The summed E-state index contributed by atoms with van der Waals surface area (Å²) in [6, 6.07) is 3.84. The van der Waals surface area contributed by atoms with Crippen LogP contribution in [0.1, 0.15) is 18.6 Å². The molecule has 0 aliphatic rings. The normalized spacial score (nSPS) is 14.6. The molecule has 0 aliphatic carbocycles. The Kier molecular flexibility index (Phi) is 4.67. The van der Waals surface area contributed by atoms with Crippen molar-refractivity contribution in [3.8, 4) is 5.75 Å². The van der Waals surface area contributed by atoms with Crippen molar-refractivity contribution in [2.24, 2.45) is 5.73 Å². The van der Waals surface area contributed by atoms with Gasteiger partial charge in [0.05, 0.1) is 12.7 Å². The summed E-state index contributed by atoms with van der Waals surface area (Å²) >= 11 is 0. The van der Waals surface area contributed by atoms with Crippen LogP contribution in [0.3, 0.4) is 0 Å². The largest absolute Gasteiger partial charge is 0.494 e. The van der Waals surface area contributed by atoms with Gasteiger partial charge in [0.2, 0.25) is 0 Å². The molecule has 16 heavy (non-hydrogen) atoms. The number of halogens is 1. The average molecular weight is 229 g/mol. The predicted molar refractivity (Wildman–Crippen MR) is 57.6 cm³/mol. The van der Waals surface area contributed by atoms with Gasteiger partial charge in [0.25, 0.3) is 0 Å². The van der Waals surface area contributed by atoms with Crippen molar-refractivity contribution >= 4 is 0 Å². The van der Waals surface area contributed by atoms with E-state index < -0.39 is 18.0 Å². The van der Waals surface area contributed by atoms with Gasteiger partial charge in [-0.1, -0.05) is 0 Å². The van der Waals surface area contributed by atoms with Gasteiger partial charge in [0, 0.05) is 12.6 Å². The van der Waals surface area contributed by atoms with Crippen LogP contribution in [0.25, 0.3) is 0 Å². The quantitative estimate of drug-likeness (QED) is 0.690. The van der Waals surface area contributed by atoms with Crippen LogP contribution < -0.4 is 10.5 Å². The van der Waals surface area contributed by atoms with Crippen molar-refractivity contribution < 1.29 is 19.3 Å². The Bertz CT molecular complexity index is 346. The van der Waals surface area contributed by atoms with Gasteiger partial charge < -0.3 is 20.7 Å². The van der Waals surface area contributed by atoms with Crippen LogP contribution in [0.4, 0.5) is 4.39 Å². The van der Waals surface area contributed by atoms with E-state index in [0.29, 0.717) is 12.4 Å². The van der Waals surface area contributed by atoms with Gasteiger partial charge in [-0.05, 0) is 24.6 Å². The highest BCUT2D eigenvalue weighted by Gasteiger charge is 2.18. The highest BCUT2D eigenvalue weighted by atomic mass is 19.1. The summed E-state index contributed by atoms with van der Waals surface area (Å²) in [6.45, 7) is 2.08. The molecule has 0 saturated heterocycles. The first-order valence-electron chi connectivity index (χ1n) is 5.08. The molecule has 0 amide bonds. The number of aliphatic hydroxyl groups is 2. The van der Waals surface area contributed by atoms with Crippen LogP contribution in [0, 0.1) is 5.82 Å². The van der Waals surface area contributed by atoms with Crippen LogP contribution in [-0.2, 0) is 0 Å². The third-order valence-electron chi connectivity index (χ3n) is 2.15. The molecule has 90 valence electrons. The Morgan fingerprint density at radius 1 is 1.38 bits per heavy atom. The van der Waals surface area contributed by atoms with Gasteiger partial charge in [0.15, 0.2) is 0 Å². The molecule has 1 rings (SSSR count). The summed E-state index contributed by atoms with van der Waals surface area (Å²) in [4.78, 5) is 0. The average Bonchev–Trinajstić information content (AvgIpc) is 2.26. The molecule has 4 N–H and O–H groups in total. The molecular weight excluding hydrogens is 213 g/mol. The minimum Gasteiger partial charge on any atom is -0.494 e. The van der Waals surface area contributed by atoms with Gasteiger partial charge in [-0.25, -0.2) is 4.39 Å². The fraction of sp³-hybridized carbons (Fsp3) is 0.455. The van der Waals surface area contributed by atoms with Gasteiger partial charge in [-0.15, -0.1) is 0 Å². The molecule has 1 aromatic rings. The fourth-order valence-electron chi connectivity index (χ4n) is 1.36. The molecule has 0 spiro atoms. The lowest BCUT2D eigenvalue weighted by atomic mass is 10.0. The van der Waals surface area contributed by atoms with Crippen molar-refractivity contribution in [2.45, 2.75) is 19.1 Å². The Balaban J connectivity index is 2.94. The minimum absolute atomic E-state index is 0.0956. The fourth-order valence-corrected chi connectivity index (χ4v) is 1.36. The third kappa shape index (κ3) is 3.16. The maximum absolute atomic E-state index is 13.2. The van der Waals surface area contributed by atoms with E-state index in [4.69, 9.17) is 10.5 Å². The molecule has 0 aromatic heterocycles. The first kappa shape index (κ1) is 12.9. The van der Waals surface area contributed by atoms with E-state index >= 15 is 0 Å². The molecule has 2 unspecified atom stereocenters.